The second-order valence-electron chi connectivity index (χ2n) is 2.85. The van der Waals surface area contributed by atoms with Crippen molar-refractivity contribution in [2.24, 2.45) is 5.73 Å². The van der Waals surface area contributed by atoms with E-state index in [0.29, 0.717) is 4.88 Å². The van der Waals surface area contributed by atoms with E-state index in [2.05, 4.69) is 0 Å². The number of rotatable bonds is 4. The Hall–Kier alpha value is -1.20. The summed E-state index contributed by atoms with van der Waals surface area (Å²) in [6, 6.07) is 3.55. The molecule has 0 bridgehead atoms. The highest BCUT2D eigenvalue weighted by molar-refractivity contribution is 7.12. The Morgan fingerprint density at radius 2 is 2.29 bits per heavy atom. The standard InChI is InChI=1S/C9H12N2O2S/c1-11(9(13)5-10)6-7(12)8-3-2-4-14-8/h2-4H,5-6,10H2,1H3. The summed E-state index contributed by atoms with van der Waals surface area (Å²) in [5.41, 5.74) is 5.17. The van der Waals surface area contributed by atoms with Gasteiger partial charge < -0.3 is 10.6 Å². The summed E-state index contributed by atoms with van der Waals surface area (Å²) in [6.07, 6.45) is 0. The van der Waals surface area contributed by atoms with Gasteiger partial charge in [-0.3, -0.25) is 9.59 Å². The Labute approximate surface area is 86.3 Å². The topological polar surface area (TPSA) is 63.4 Å². The van der Waals surface area contributed by atoms with Crippen LogP contribution >= 0.6 is 11.3 Å². The van der Waals surface area contributed by atoms with Gasteiger partial charge >= 0.3 is 0 Å². The predicted octanol–water partition coefficient (Wildman–Crippen LogP) is 0.348. The number of hydrogen-bond acceptors (Lipinski definition) is 4. The molecule has 5 heteroatoms. The van der Waals surface area contributed by atoms with E-state index in [9.17, 15) is 9.59 Å². The fourth-order valence-electron chi connectivity index (χ4n) is 0.975. The molecular formula is C9H12N2O2S. The minimum atomic E-state index is -0.227. The molecule has 2 N–H and O–H groups in total. The molecule has 0 radical (unpaired) electrons. The van der Waals surface area contributed by atoms with Gasteiger partial charge in [-0.15, -0.1) is 11.3 Å². The fraction of sp³-hybridized carbons (Fsp3) is 0.333. The lowest BCUT2D eigenvalue weighted by Crippen LogP contribution is -2.36. The SMILES string of the molecule is CN(CC(=O)c1cccs1)C(=O)CN. The monoisotopic (exact) mass is 212 g/mol. The van der Waals surface area contributed by atoms with Gasteiger partial charge in [0.05, 0.1) is 18.0 Å². The number of thiophene rings is 1. The number of Topliss-reactive ketones (excluding diaryl/α,β-unsaturated/α-hetero) is 1. The summed E-state index contributed by atoms with van der Waals surface area (Å²) in [5, 5.41) is 1.83. The van der Waals surface area contributed by atoms with Gasteiger partial charge in [-0.25, -0.2) is 0 Å². The van der Waals surface area contributed by atoms with Crippen molar-refractivity contribution in [3.8, 4) is 0 Å². The van der Waals surface area contributed by atoms with Gasteiger partial charge in [0, 0.05) is 7.05 Å². The molecule has 0 aliphatic heterocycles. The van der Waals surface area contributed by atoms with Crippen LogP contribution in [0.2, 0.25) is 0 Å². The van der Waals surface area contributed by atoms with E-state index >= 15 is 0 Å². The largest absolute Gasteiger partial charge is 0.337 e. The fourth-order valence-corrected chi connectivity index (χ4v) is 1.63. The Morgan fingerprint density at radius 3 is 2.79 bits per heavy atom. The lowest BCUT2D eigenvalue weighted by molar-refractivity contribution is -0.127. The Kier molecular flexibility index (Phi) is 3.79. The highest BCUT2D eigenvalue weighted by atomic mass is 32.1. The zero-order valence-corrected chi connectivity index (χ0v) is 8.71. The van der Waals surface area contributed by atoms with Crippen LogP contribution in [0.5, 0.6) is 0 Å². The molecule has 0 saturated carbocycles. The van der Waals surface area contributed by atoms with Crippen molar-refractivity contribution in [1.29, 1.82) is 0 Å². The predicted molar refractivity (Wildman–Crippen MR) is 55.3 cm³/mol. The molecule has 1 aromatic rings. The van der Waals surface area contributed by atoms with E-state index < -0.39 is 0 Å². The van der Waals surface area contributed by atoms with Gasteiger partial charge in [0.2, 0.25) is 5.91 Å². The third-order valence-electron chi connectivity index (χ3n) is 1.78. The molecule has 1 rings (SSSR count). The van der Waals surface area contributed by atoms with Crippen LogP contribution in [0.1, 0.15) is 9.67 Å². The van der Waals surface area contributed by atoms with E-state index in [-0.39, 0.29) is 24.8 Å². The Bertz CT molecular complexity index is 322. The van der Waals surface area contributed by atoms with Crippen molar-refractivity contribution in [3.63, 3.8) is 0 Å². The van der Waals surface area contributed by atoms with Crippen LogP contribution < -0.4 is 5.73 Å². The van der Waals surface area contributed by atoms with Gasteiger partial charge in [0.15, 0.2) is 5.78 Å². The maximum atomic E-state index is 11.5. The molecule has 0 spiro atoms. The van der Waals surface area contributed by atoms with Crippen LogP contribution in [0.25, 0.3) is 0 Å². The summed E-state index contributed by atoms with van der Waals surface area (Å²) in [5.74, 6) is -0.279. The van der Waals surface area contributed by atoms with Gasteiger partial charge in [0.1, 0.15) is 0 Å². The van der Waals surface area contributed by atoms with Crippen LogP contribution in [0.4, 0.5) is 0 Å². The highest BCUT2D eigenvalue weighted by Crippen LogP contribution is 2.09. The third-order valence-corrected chi connectivity index (χ3v) is 2.69. The van der Waals surface area contributed by atoms with E-state index in [1.54, 1.807) is 13.1 Å². The summed E-state index contributed by atoms with van der Waals surface area (Å²) in [4.78, 5) is 24.6. The van der Waals surface area contributed by atoms with Crippen LogP contribution in [0, 0.1) is 0 Å². The number of amides is 1. The highest BCUT2D eigenvalue weighted by Gasteiger charge is 2.13. The molecule has 0 unspecified atom stereocenters. The molecular weight excluding hydrogens is 200 g/mol. The average Bonchev–Trinajstić information content (AvgIpc) is 2.69. The van der Waals surface area contributed by atoms with Crippen molar-refractivity contribution < 1.29 is 9.59 Å². The van der Waals surface area contributed by atoms with Crippen LogP contribution in [0.3, 0.4) is 0 Å². The van der Waals surface area contributed by atoms with Crippen LogP contribution in [0.15, 0.2) is 17.5 Å². The normalized spacial score (nSPS) is 9.86. The first-order valence-electron chi connectivity index (χ1n) is 4.16. The van der Waals surface area contributed by atoms with Crippen LogP contribution in [-0.2, 0) is 4.79 Å². The third kappa shape index (κ3) is 2.65. The van der Waals surface area contributed by atoms with Crippen molar-refractivity contribution in [3.05, 3.63) is 22.4 Å². The number of carbonyl (C=O) groups excluding carboxylic acids is 2. The lowest BCUT2D eigenvalue weighted by Gasteiger charge is -2.14. The molecule has 0 atom stereocenters. The van der Waals surface area contributed by atoms with Gasteiger partial charge in [-0.05, 0) is 11.4 Å². The molecule has 76 valence electrons. The zero-order chi connectivity index (χ0) is 10.6. The minimum absolute atomic E-state index is 0.0516. The first-order valence-corrected chi connectivity index (χ1v) is 5.04. The molecule has 0 fully saturated rings. The van der Waals surface area contributed by atoms with Gasteiger partial charge in [-0.2, -0.15) is 0 Å². The average molecular weight is 212 g/mol. The molecule has 4 nitrogen and oxygen atoms in total. The molecule has 1 aromatic heterocycles. The number of nitrogens with zero attached hydrogens (tertiary/aromatic N) is 1. The maximum absolute atomic E-state index is 11.5. The summed E-state index contributed by atoms with van der Waals surface area (Å²) >= 11 is 1.37. The number of carbonyl (C=O) groups is 2. The van der Waals surface area contributed by atoms with E-state index in [1.165, 1.54) is 16.2 Å². The quantitative estimate of drug-likeness (QED) is 0.732. The maximum Gasteiger partial charge on any atom is 0.236 e. The smallest absolute Gasteiger partial charge is 0.236 e. The summed E-state index contributed by atoms with van der Waals surface area (Å²) < 4.78 is 0. The lowest BCUT2D eigenvalue weighted by atomic mass is 10.3. The van der Waals surface area contributed by atoms with Crippen molar-refractivity contribution in [2.75, 3.05) is 20.1 Å². The zero-order valence-electron chi connectivity index (χ0n) is 7.90. The first kappa shape index (κ1) is 10.9. The molecule has 0 aliphatic rings. The molecule has 0 saturated heterocycles. The second kappa shape index (κ2) is 4.88. The van der Waals surface area contributed by atoms with E-state index in [1.807, 2.05) is 11.4 Å². The molecule has 0 aromatic carbocycles. The number of hydrogen-bond donors (Lipinski definition) is 1. The van der Waals surface area contributed by atoms with E-state index in [4.69, 9.17) is 5.73 Å². The first-order chi connectivity index (χ1) is 6.65. The van der Waals surface area contributed by atoms with E-state index in [0.717, 1.165) is 0 Å². The summed E-state index contributed by atoms with van der Waals surface area (Å²) in [7, 11) is 1.57. The van der Waals surface area contributed by atoms with Crippen LogP contribution in [-0.4, -0.2) is 36.7 Å². The summed E-state index contributed by atoms with van der Waals surface area (Å²) in [6.45, 7) is 0.0325. The number of nitrogens with two attached hydrogens (primary N) is 1. The van der Waals surface area contributed by atoms with Gasteiger partial charge in [-0.1, -0.05) is 6.07 Å². The molecule has 1 heterocycles. The molecule has 0 aliphatic carbocycles. The number of likely N-dealkylation sites (N-methyl/N-ethyl adjacent to an activating group) is 1. The van der Waals surface area contributed by atoms with Crippen molar-refractivity contribution in [2.45, 2.75) is 0 Å². The molecule has 14 heavy (non-hydrogen) atoms. The van der Waals surface area contributed by atoms with Gasteiger partial charge in [0.25, 0.3) is 0 Å². The Morgan fingerprint density at radius 1 is 1.57 bits per heavy atom. The second-order valence-corrected chi connectivity index (χ2v) is 3.80. The molecule has 1 amide bonds. The Balaban J connectivity index is 2.53. The van der Waals surface area contributed by atoms with Crippen molar-refractivity contribution >= 4 is 23.0 Å². The minimum Gasteiger partial charge on any atom is -0.337 e. The van der Waals surface area contributed by atoms with Crippen molar-refractivity contribution in [1.82, 2.24) is 4.90 Å². The number of ketones is 1.